The fourth-order valence-corrected chi connectivity index (χ4v) is 2.56. The van der Waals surface area contributed by atoms with Crippen LogP contribution in [0.3, 0.4) is 0 Å². The minimum Gasteiger partial charge on any atom is -0.496 e. The van der Waals surface area contributed by atoms with Crippen molar-refractivity contribution in [1.29, 1.82) is 0 Å². The summed E-state index contributed by atoms with van der Waals surface area (Å²) < 4.78 is 47.4. The van der Waals surface area contributed by atoms with Gasteiger partial charge in [0.2, 0.25) is 5.95 Å². The Balaban J connectivity index is 1.91. The van der Waals surface area contributed by atoms with Crippen LogP contribution in [-0.4, -0.2) is 28.9 Å². The van der Waals surface area contributed by atoms with Gasteiger partial charge in [0.25, 0.3) is 5.91 Å². The average molecular weight is 380 g/mol. The number of hydrogen-bond acceptors (Lipinski definition) is 5. The van der Waals surface area contributed by atoms with Crippen molar-refractivity contribution in [3.05, 3.63) is 42.0 Å². The lowest BCUT2D eigenvalue weighted by Gasteiger charge is -2.10. The Morgan fingerprint density at radius 1 is 1.22 bits per heavy atom. The molecule has 0 saturated heterocycles. The smallest absolute Gasteiger partial charge is 0.496 e. The van der Waals surface area contributed by atoms with Crippen LogP contribution in [0.4, 0.5) is 24.8 Å². The van der Waals surface area contributed by atoms with Crippen LogP contribution in [0.5, 0.6) is 11.5 Å². The highest BCUT2D eigenvalue weighted by Gasteiger charge is 2.31. The number of hydrogen-bond donors (Lipinski definition) is 2. The van der Waals surface area contributed by atoms with Crippen LogP contribution in [0.2, 0.25) is 0 Å². The number of ether oxygens (including phenoxy) is 2. The van der Waals surface area contributed by atoms with Gasteiger partial charge in [-0.2, -0.15) is 0 Å². The predicted molar refractivity (Wildman–Crippen MR) is 92.2 cm³/mol. The number of anilines is 2. The van der Waals surface area contributed by atoms with Gasteiger partial charge in [0.1, 0.15) is 11.5 Å². The molecule has 7 nitrogen and oxygen atoms in total. The lowest BCUT2D eigenvalue weighted by atomic mass is 10.1. The van der Waals surface area contributed by atoms with Crippen molar-refractivity contribution in [1.82, 2.24) is 9.55 Å². The van der Waals surface area contributed by atoms with E-state index in [1.165, 1.54) is 37.4 Å². The highest BCUT2D eigenvalue weighted by Crippen LogP contribution is 2.29. The number of nitrogens with two attached hydrogens (primary N) is 1. The standard InChI is InChI=1S/C17H15F3N4O3/c1-24-13-8-14(26-2)11(15(21)25)7-12(13)23-16(24)22-9-3-5-10(6-4-9)27-17(18,19)20/h3-8H,1-2H3,(H2,21,25)(H,22,23). The monoisotopic (exact) mass is 380 g/mol. The van der Waals surface area contributed by atoms with Crippen molar-refractivity contribution in [3.63, 3.8) is 0 Å². The van der Waals surface area contributed by atoms with Gasteiger partial charge in [-0.05, 0) is 30.3 Å². The fourth-order valence-electron chi connectivity index (χ4n) is 2.56. The molecule has 1 heterocycles. The number of alkyl halides is 3. The number of nitrogens with one attached hydrogen (secondary N) is 1. The van der Waals surface area contributed by atoms with Crippen LogP contribution in [0, 0.1) is 0 Å². The third kappa shape index (κ3) is 3.89. The summed E-state index contributed by atoms with van der Waals surface area (Å²) in [6, 6.07) is 8.38. The number of fused-ring (bicyclic) bond motifs is 1. The van der Waals surface area contributed by atoms with E-state index in [1.807, 2.05) is 0 Å². The number of primary amides is 1. The molecule has 0 aliphatic rings. The van der Waals surface area contributed by atoms with Crippen LogP contribution in [0.25, 0.3) is 11.0 Å². The molecule has 0 fully saturated rings. The predicted octanol–water partition coefficient (Wildman–Crippen LogP) is 3.32. The van der Waals surface area contributed by atoms with Gasteiger partial charge in [-0.1, -0.05) is 0 Å². The summed E-state index contributed by atoms with van der Waals surface area (Å²) in [6.07, 6.45) is -4.75. The number of benzene rings is 2. The van der Waals surface area contributed by atoms with E-state index in [2.05, 4.69) is 15.0 Å². The summed E-state index contributed by atoms with van der Waals surface area (Å²) >= 11 is 0. The number of methoxy groups -OCH3 is 1. The molecule has 10 heteroatoms. The second-order valence-electron chi connectivity index (χ2n) is 5.60. The highest BCUT2D eigenvalue weighted by atomic mass is 19.4. The number of halogens is 3. The van der Waals surface area contributed by atoms with Crippen LogP contribution >= 0.6 is 0 Å². The summed E-state index contributed by atoms with van der Waals surface area (Å²) in [4.78, 5) is 15.9. The zero-order valence-electron chi connectivity index (χ0n) is 14.3. The first-order valence-electron chi connectivity index (χ1n) is 7.65. The van der Waals surface area contributed by atoms with Gasteiger partial charge in [-0.15, -0.1) is 13.2 Å². The first-order chi connectivity index (χ1) is 12.7. The quantitative estimate of drug-likeness (QED) is 0.709. The molecule has 0 bridgehead atoms. The van der Waals surface area contributed by atoms with Gasteiger partial charge in [0, 0.05) is 18.8 Å². The maximum Gasteiger partial charge on any atom is 0.573 e. The van der Waals surface area contributed by atoms with E-state index in [1.54, 1.807) is 17.7 Å². The normalized spacial score (nSPS) is 11.4. The number of aryl methyl sites for hydroxylation is 1. The van der Waals surface area contributed by atoms with Crippen LogP contribution in [0.15, 0.2) is 36.4 Å². The number of amides is 1. The molecule has 3 rings (SSSR count). The fraction of sp³-hybridized carbons (Fsp3) is 0.176. The van der Waals surface area contributed by atoms with Gasteiger partial charge < -0.3 is 25.1 Å². The van der Waals surface area contributed by atoms with Crippen molar-refractivity contribution >= 4 is 28.6 Å². The Bertz CT molecular complexity index is 997. The molecule has 2 aromatic carbocycles. The van der Waals surface area contributed by atoms with E-state index in [0.717, 1.165) is 0 Å². The third-order valence-corrected chi connectivity index (χ3v) is 3.81. The van der Waals surface area contributed by atoms with Gasteiger partial charge in [0.05, 0.1) is 23.7 Å². The Morgan fingerprint density at radius 2 is 1.89 bits per heavy atom. The molecule has 142 valence electrons. The highest BCUT2D eigenvalue weighted by molar-refractivity contribution is 5.99. The molecule has 0 unspecified atom stereocenters. The molecular formula is C17H15F3N4O3. The number of nitrogens with zero attached hydrogens (tertiary/aromatic N) is 2. The zero-order valence-corrected chi connectivity index (χ0v) is 14.3. The van der Waals surface area contributed by atoms with Crippen molar-refractivity contribution < 1.29 is 27.4 Å². The second kappa shape index (κ2) is 6.71. The van der Waals surface area contributed by atoms with E-state index in [0.29, 0.717) is 28.4 Å². The molecule has 0 radical (unpaired) electrons. The van der Waals surface area contributed by atoms with E-state index < -0.39 is 12.3 Å². The van der Waals surface area contributed by atoms with Crippen LogP contribution < -0.4 is 20.5 Å². The van der Waals surface area contributed by atoms with Crippen molar-refractivity contribution in [3.8, 4) is 11.5 Å². The van der Waals surface area contributed by atoms with Gasteiger partial charge in [-0.3, -0.25) is 4.79 Å². The Hall–Kier alpha value is -3.43. The average Bonchev–Trinajstić information content (AvgIpc) is 2.89. The van der Waals surface area contributed by atoms with Gasteiger partial charge >= 0.3 is 6.36 Å². The number of carbonyl (C=O) groups is 1. The molecule has 1 amide bonds. The molecule has 0 spiro atoms. The maximum absolute atomic E-state index is 12.2. The summed E-state index contributed by atoms with van der Waals surface area (Å²) in [5.41, 5.74) is 7.23. The molecule has 3 aromatic rings. The van der Waals surface area contributed by atoms with Gasteiger partial charge in [0.15, 0.2) is 0 Å². The van der Waals surface area contributed by atoms with Crippen molar-refractivity contribution in [2.24, 2.45) is 12.8 Å². The summed E-state index contributed by atoms with van der Waals surface area (Å²) in [5, 5.41) is 3.00. The Morgan fingerprint density at radius 3 is 2.44 bits per heavy atom. The molecule has 3 N–H and O–H groups in total. The minimum absolute atomic E-state index is 0.198. The lowest BCUT2D eigenvalue weighted by molar-refractivity contribution is -0.274. The molecule has 27 heavy (non-hydrogen) atoms. The number of imidazole rings is 1. The third-order valence-electron chi connectivity index (χ3n) is 3.81. The van der Waals surface area contributed by atoms with E-state index in [4.69, 9.17) is 10.5 Å². The van der Waals surface area contributed by atoms with Crippen molar-refractivity contribution in [2.45, 2.75) is 6.36 Å². The summed E-state index contributed by atoms with van der Waals surface area (Å²) in [6.45, 7) is 0. The molecule has 0 saturated carbocycles. The molecule has 0 atom stereocenters. The Labute approximate surface area is 151 Å². The minimum atomic E-state index is -4.75. The van der Waals surface area contributed by atoms with Crippen LogP contribution in [0.1, 0.15) is 10.4 Å². The molecule has 0 aliphatic carbocycles. The Kier molecular flexibility index (Phi) is 4.56. The first-order valence-corrected chi connectivity index (χ1v) is 7.65. The maximum atomic E-state index is 12.2. The second-order valence-corrected chi connectivity index (χ2v) is 5.60. The summed E-state index contributed by atoms with van der Waals surface area (Å²) in [5.74, 6) is -0.237. The van der Waals surface area contributed by atoms with E-state index in [-0.39, 0.29) is 11.3 Å². The number of rotatable bonds is 5. The first kappa shape index (κ1) is 18.4. The largest absolute Gasteiger partial charge is 0.573 e. The van der Waals surface area contributed by atoms with Crippen molar-refractivity contribution in [2.75, 3.05) is 12.4 Å². The number of carbonyl (C=O) groups excluding carboxylic acids is 1. The molecular weight excluding hydrogens is 365 g/mol. The van der Waals surface area contributed by atoms with E-state index in [9.17, 15) is 18.0 Å². The molecule has 1 aromatic heterocycles. The van der Waals surface area contributed by atoms with E-state index >= 15 is 0 Å². The SMILES string of the molecule is COc1cc2c(cc1C(N)=O)nc(Nc1ccc(OC(F)(F)F)cc1)n2C. The van der Waals surface area contributed by atoms with Crippen LogP contribution in [-0.2, 0) is 7.05 Å². The van der Waals surface area contributed by atoms with Gasteiger partial charge in [-0.25, -0.2) is 4.98 Å². The lowest BCUT2D eigenvalue weighted by Crippen LogP contribution is -2.17. The molecule has 0 aliphatic heterocycles. The summed E-state index contributed by atoms with van der Waals surface area (Å²) in [7, 11) is 3.16. The number of aromatic nitrogens is 2. The topological polar surface area (TPSA) is 91.4 Å². The zero-order chi connectivity index (χ0) is 19.8.